The van der Waals surface area contributed by atoms with Crippen LogP contribution in [-0.4, -0.2) is 28.4 Å². The van der Waals surface area contributed by atoms with Gasteiger partial charge >= 0.3 is 0 Å². The summed E-state index contributed by atoms with van der Waals surface area (Å²) in [6.45, 7) is 5.88. The molecule has 5 nitrogen and oxygen atoms in total. The van der Waals surface area contributed by atoms with Gasteiger partial charge in [0.1, 0.15) is 4.47 Å². The largest absolute Gasteiger partial charge is 0.380 e. The zero-order valence-electron chi connectivity index (χ0n) is 11.4. The predicted molar refractivity (Wildman–Crippen MR) is 80.6 cm³/mol. The van der Waals surface area contributed by atoms with Crippen molar-refractivity contribution in [2.45, 2.75) is 51.7 Å². The molecule has 2 unspecified atom stereocenters. The van der Waals surface area contributed by atoms with Crippen LogP contribution < -0.4 is 16.2 Å². The summed E-state index contributed by atoms with van der Waals surface area (Å²) >= 11 is 3.39. The van der Waals surface area contributed by atoms with E-state index in [9.17, 15) is 4.79 Å². The lowest BCUT2D eigenvalue weighted by atomic mass is 10.0. The summed E-state index contributed by atoms with van der Waals surface area (Å²) in [6.07, 6.45) is 4.77. The Kier molecular flexibility index (Phi) is 4.99. The van der Waals surface area contributed by atoms with E-state index in [1.165, 1.54) is 4.68 Å². The van der Waals surface area contributed by atoms with Crippen molar-refractivity contribution in [3.8, 4) is 0 Å². The highest BCUT2D eigenvalue weighted by Gasteiger charge is 2.19. The third-order valence-electron chi connectivity index (χ3n) is 3.40. The highest BCUT2D eigenvalue weighted by Crippen LogP contribution is 2.20. The van der Waals surface area contributed by atoms with Crippen LogP contribution in [0.15, 0.2) is 15.5 Å². The summed E-state index contributed by atoms with van der Waals surface area (Å²) < 4.78 is 2.09. The molecule has 0 amide bonds. The fourth-order valence-corrected chi connectivity index (χ4v) is 2.84. The predicted octanol–water partition coefficient (Wildman–Crippen LogP) is 1.97. The third-order valence-corrected chi connectivity index (χ3v) is 4.17. The van der Waals surface area contributed by atoms with Crippen LogP contribution in [0.5, 0.6) is 0 Å². The minimum atomic E-state index is -0.0613. The van der Waals surface area contributed by atoms with Gasteiger partial charge in [0.25, 0.3) is 5.56 Å². The molecule has 0 bridgehead atoms. The van der Waals surface area contributed by atoms with Crippen molar-refractivity contribution in [3.63, 3.8) is 0 Å². The Morgan fingerprint density at radius 2 is 2.42 bits per heavy atom. The molecule has 0 spiro atoms. The van der Waals surface area contributed by atoms with E-state index >= 15 is 0 Å². The molecule has 1 aliphatic rings. The van der Waals surface area contributed by atoms with Gasteiger partial charge in [0, 0.05) is 18.6 Å². The SMILES string of the molecule is CCCn1ncc(NC2CCNC(C)C2)c(Br)c1=O. The number of halogens is 1. The van der Waals surface area contributed by atoms with Crippen LogP contribution in [0.2, 0.25) is 0 Å². The van der Waals surface area contributed by atoms with E-state index in [1.807, 2.05) is 6.92 Å². The molecule has 2 atom stereocenters. The lowest BCUT2D eigenvalue weighted by Gasteiger charge is -2.29. The molecule has 2 heterocycles. The number of hydrogen-bond donors (Lipinski definition) is 2. The summed E-state index contributed by atoms with van der Waals surface area (Å²) in [6, 6.07) is 0.911. The van der Waals surface area contributed by atoms with Gasteiger partial charge in [0.05, 0.1) is 11.9 Å². The Morgan fingerprint density at radius 3 is 3.11 bits per heavy atom. The fourth-order valence-electron chi connectivity index (χ4n) is 2.42. The highest BCUT2D eigenvalue weighted by molar-refractivity contribution is 9.10. The maximum absolute atomic E-state index is 12.1. The van der Waals surface area contributed by atoms with Crippen LogP contribution in [0.25, 0.3) is 0 Å². The first-order chi connectivity index (χ1) is 9.11. The van der Waals surface area contributed by atoms with Gasteiger partial charge in [-0.2, -0.15) is 5.10 Å². The smallest absolute Gasteiger partial charge is 0.283 e. The molecule has 0 aliphatic carbocycles. The Balaban J connectivity index is 2.12. The second kappa shape index (κ2) is 6.52. The van der Waals surface area contributed by atoms with Crippen LogP contribution in [0, 0.1) is 0 Å². The topological polar surface area (TPSA) is 59.0 Å². The van der Waals surface area contributed by atoms with Gasteiger partial charge in [-0.1, -0.05) is 6.92 Å². The molecular formula is C13H21BrN4O. The number of aryl methyl sites for hydroxylation is 1. The first kappa shape index (κ1) is 14.5. The Hall–Kier alpha value is -0.880. The third kappa shape index (κ3) is 3.57. The first-order valence-electron chi connectivity index (χ1n) is 6.87. The molecule has 2 rings (SSSR count). The van der Waals surface area contributed by atoms with Gasteiger partial charge < -0.3 is 10.6 Å². The van der Waals surface area contributed by atoms with Crippen LogP contribution in [0.1, 0.15) is 33.1 Å². The number of rotatable bonds is 4. The first-order valence-corrected chi connectivity index (χ1v) is 7.66. The van der Waals surface area contributed by atoms with E-state index < -0.39 is 0 Å². The summed E-state index contributed by atoms with van der Waals surface area (Å²) in [4.78, 5) is 12.1. The number of nitrogens with zero attached hydrogens (tertiary/aromatic N) is 2. The fraction of sp³-hybridized carbons (Fsp3) is 0.692. The number of anilines is 1. The second-order valence-electron chi connectivity index (χ2n) is 5.12. The molecule has 0 saturated carbocycles. The van der Waals surface area contributed by atoms with Crippen LogP contribution in [0.4, 0.5) is 5.69 Å². The van der Waals surface area contributed by atoms with Crippen LogP contribution >= 0.6 is 15.9 Å². The lowest BCUT2D eigenvalue weighted by molar-refractivity contribution is 0.396. The average molecular weight is 329 g/mol. The molecule has 6 heteroatoms. The molecule has 19 heavy (non-hydrogen) atoms. The molecule has 1 aliphatic heterocycles. The molecule has 0 radical (unpaired) electrons. The molecule has 2 N–H and O–H groups in total. The lowest BCUT2D eigenvalue weighted by Crippen LogP contribution is -2.41. The standard InChI is InChI=1S/C13H21BrN4O/c1-3-6-18-13(19)12(14)11(8-16-18)17-10-4-5-15-9(2)7-10/h8-10,15,17H,3-7H2,1-2H3. The normalized spacial score (nSPS) is 23.3. The maximum atomic E-state index is 12.1. The van der Waals surface area contributed by atoms with E-state index in [0.29, 0.717) is 23.1 Å². The van der Waals surface area contributed by atoms with Crippen molar-refractivity contribution in [1.82, 2.24) is 15.1 Å². The van der Waals surface area contributed by atoms with Crippen molar-refractivity contribution in [2.75, 3.05) is 11.9 Å². The van der Waals surface area contributed by atoms with E-state index in [1.54, 1.807) is 6.20 Å². The number of nitrogens with one attached hydrogen (secondary N) is 2. The summed E-state index contributed by atoms with van der Waals surface area (Å²) in [7, 11) is 0. The summed E-state index contributed by atoms with van der Waals surface area (Å²) in [5, 5.41) is 11.1. The van der Waals surface area contributed by atoms with Gasteiger partial charge in [0.2, 0.25) is 0 Å². The zero-order valence-corrected chi connectivity index (χ0v) is 13.0. The van der Waals surface area contributed by atoms with E-state index in [0.717, 1.165) is 31.5 Å². The minimum absolute atomic E-state index is 0.0613. The Morgan fingerprint density at radius 1 is 1.63 bits per heavy atom. The van der Waals surface area contributed by atoms with Crippen molar-refractivity contribution in [2.24, 2.45) is 0 Å². The molecule has 0 aromatic carbocycles. The number of aromatic nitrogens is 2. The highest BCUT2D eigenvalue weighted by atomic mass is 79.9. The molecular weight excluding hydrogens is 308 g/mol. The Labute approximate surface area is 121 Å². The molecule has 106 valence electrons. The number of piperidine rings is 1. The van der Waals surface area contributed by atoms with Crippen LogP contribution in [-0.2, 0) is 6.54 Å². The maximum Gasteiger partial charge on any atom is 0.283 e. The molecule has 1 saturated heterocycles. The average Bonchev–Trinajstić information content (AvgIpc) is 2.39. The van der Waals surface area contributed by atoms with Gasteiger partial charge in [-0.05, 0) is 48.7 Å². The van der Waals surface area contributed by atoms with Crippen molar-refractivity contribution >= 4 is 21.6 Å². The summed E-state index contributed by atoms with van der Waals surface area (Å²) in [5.41, 5.74) is 0.741. The van der Waals surface area contributed by atoms with Gasteiger partial charge in [-0.3, -0.25) is 4.79 Å². The summed E-state index contributed by atoms with van der Waals surface area (Å²) in [5.74, 6) is 0. The molecule has 1 aromatic heterocycles. The minimum Gasteiger partial charge on any atom is -0.380 e. The van der Waals surface area contributed by atoms with E-state index in [2.05, 4.69) is 38.6 Å². The van der Waals surface area contributed by atoms with Crippen molar-refractivity contribution in [1.29, 1.82) is 0 Å². The van der Waals surface area contributed by atoms with Gasteiger partial charge in [0.15, 0.2) is 0 Å². The van der Waals surface area contributed by atoms with Crippen LogP contribution in [0.3, 0.4) is 0 Å². The second-order valence-corrected chi connectivity index (χ2v) is 5.91. The molecule has 1 fully saturated rings. The zero-order chi connectivity index (χ0) is 13.8. The van der Waals surface area contributed by atoms with Gasteiger partial charge in [-0.25, -0.2) is 4.68 Å². The quantitative estimate of drug-likeness (QED) is 0.887. The monoisotopic (exact) mass is 328 g/mol. The number of hydrogen-bond acceptors (Lipinski definition) is 4. The van der Waals surface area contributed by atoms with Crippen molar-refractivity contribution in [3.05, 3.63) is 21.0 Å². The Bertz CT molecular complexity index is 488. The van der Waals surface area contributed by atoms with Gasteiger partial charge in [-0.15, -0.1) is 0 Å². The van der Waals surface area contributed by atoms with Crippen molar-refractivity contribution < 1.29 is 0 Å². The molecule has 1 aromatic rings. The van der Waals surface area contributed by atoms with E-state index in [-0.39, 0.29) is 5.56 Å². The van der Waals surface area contributed by atoms with E-state index in [4.69, 9.17) is 0 Å².